The SMILES string of the molecule is CC/C=C\C/C=C\C/C=C\C/C=C\C=C\C(O)CCCC(=O)O[C@H](COC(=O)CCCCCCCCCCCCCCC)COP(=O)(O)OCCN. The first-order valence-corrected chi connectivity index (χ1v) is 21.4. The number of ether oxygens (including phenoxy) is 2. The summed E-state index contributed by atoms with van der Waals surface area (Å²) in [6, 6.07) is 0. The van der Waals surface area contributed by atoms with E-state index in [4.69, 9.17) is 24.3 Å². The summed E-state index contributed by atoms with van der Waals surface area (Å²) in [6.07, 6.45) is 38.5. The normalized spacial score (nSPS) is 14.6. The predicted octanol–water partition coefficient (Wildman–Crippen LogP) is 9.91. The van der Waals surface area contributed by atoms with Gasteiger partial charge in [-0.05, 0) is 44.9 Å². The van der Waals surface area contributed by atoms with E-state index in [1.807, 2.05) is 12.2 Å². The summed E-state index contributed by atoms with van der Waals surface area (Å²) in [6.45, 7) is 3.37. The molecule has 0 saturated heterocycles. The Bertz CT molecular complexity index is 1060. The summed E-state index contributed by atoms with van der Waals surface area (Å²) < 4.78 is 32.5. The third-order valence-corrected chi connectivity index (χ3v) is 9.01. The Labute approximate surface area is 315 Å². The van der Waals surface area contributed by atoms with Gasteiger partial charge in [-0.15, -0.1) is 0 Å². The van der Waals surface area contributed by atoms with Crippen molar-refractivity contribution in [3.05, 3.63) is 60.8 Å². The first kappa shape index (κ1) is 49.7. The van der Waals surface area contributed by atoms with E-state index in [0.29, 0.717) is 19.3 Å². The maximum atomic E-state index is 12.5. The third kappa shape index (κ3) is 36.0. The molecule has 0 saturated carbocycles. The molecule has 0 aromatic rings. The molecule has 0 rings (SSSR count). The summed E-state index contributed by atoms with van der Waals surface area (Å²) in [5.41, 5.74) is 5.32. The van der Waals surface area contributed by atoms with Gasteiger partial charge in [0, 0.05) is 19.4 Å². The monoisotopic (exact) mass is 753 g/mol. The summed E-state index contributed by atoms with van der Waals surface area (Å²) in [5, 5.41) is 10.2. The Balaban J connectivity index is 4.43. The third-order valence-electron chi connectivity index (χ3n) is 8.02. The molecule has 300 valence electrons. The van der Waals surface area contributed by atoms with Gasteiger partial charge < -0.3 is 25.2 Å². The minimum absolute atomic E-state index is 0.00125. The highest BCUT2D eigenvalue weighted by Crippen LogP contribution is 2.43. The van der Waals surface area contributed by atoms with E-state index in [9.17, 15) is 24.2 Å². The number of carbonyl (C=O) groups is 2. The highest BCUT2D eigenvalue weighted by molar-refractivity contribution is 7.47. The number of aliphatic hydroxyl groups is 1. The van der Waals surface area contributed by atoms with E-state index < -0.39 is 38.6 Å². The van der Waals surface area contributed by atoms with Crippen LogP contribution in [0.4, 0.5) is 0 Å². The molecule has 4 N–H and O–H groups in total. The number of phosphoric acid groups is 1. The van der Waals surface area contributed by atoms with Gasteiger partial charge in [-0.25, -0.2) is 4.57 Å². The molecule has 0 aliphatic rings. The Morgan fingerprint density at radius 2 is 1.21 bits per heavy atom. The fourth-order valence-electron chi connectivity index (χ4n) is 5.07. The average Bonchev–Trinajstić information content (AvgIpc) is 3.12. The molecule has 11 heteroatoms. The lowest BCUT2D eigenvalue weighted by molar-refractivity contribution is -0.161. The van der Waals surface area contributed by atoms with Crippen LogP contribution in [0.25, 0.3) is 0 Å². The number of hydrogen-bond donors (Lipinski definition) is 3. The van der Waals surface area contributed by atoms with Crippen LogP contribution in [0.15, 0.2) is 60.8 Å². The highest BCUT2D eigenvalue weighted by Gasteiger charge is 2.26. The van der Waals surface area contributed by atoms with Crippen LogP contribution in [0, 0.1) is 0 Å². The van der Waals surface area contributed by atoms with Crippen molar-refractivity contribution in [1.29, 1.82) is 0 Å². The maximum absolute atomic E-state index is 12.5. The molecular weight excluding hydrogens is 681 g/mol. The van der Waals surface area contributed by atoms with Gasteiger partial charge in [0.15, 0.2) is 6.10 Å². The summed E-state index contributed by atoms with van der Waals surface area (Å²) >= 11 is 0. The first-order chi connectivity index (χ1) is 25.2. The Morgan fingerprint density at radius 3 is 1.79 bits per heavy atom. The van der Waals surface area contributed by atoms with Gasteiger partial charge in [0.05, 0.1) is 19.3 Å². The molecule has 0 fully saturated rings. The number of aliphatic hydroxyl groups excluding tert-OH is 1. The molecular formula is C41H72NO9P. The number of unbranched alkanes of at least 4 members (excludes halogenated alkanes) is 12. The molecule has 2 unspecified atom stereocenters. The molecule has 3 atom stereocenters. The van der Waals surface area contributed by atoms with Crippen LogP contribution in [-0.2, 0) is 32.7 Å². The van der Waals surface area contributed by atoms with Crippen molar-refractivity contribution >= 4 is 19.8 Å². The van der Waals surface area contributed by atoms with Crippen LogP contribution < -0.4 is 5.73 Å². The minimum atomic E-state index is -4.43. The van der Waals surface area contributed by atoms with Crippen molar-refractivity contribution in [2.45, 2.75) is 161 Å². The zero-order valence-electron chi connectivity index (χ0n) is 32.4. The second-order valence-electron chi connectivity index (χ2n) is 13.0. The van der Waals surface area contributed by atoms with Gasteiger partial charge in [-0.2, -0.15) is 0 Å². The largest absolute Gasteiger partial charge is 0.472 e. The molecule has 10 nitrogen and oxygen atoms in total. The van der Waals surface area contributed by atoms with E-state index in [1.165, 1.54) is 57.8 Å². The Morgan fingerprint density at radius 1 is 0.673 bits per heavy atom. The average molecular weight is 754 g/mol. The lowest BCUT2D eigenvalue weighted by Gasteiger charge is -2.20. The quantitative estimate of drug-likeness (QED) is 0.0185. The second-order valence-corrected chi connectivity index (χ2v) is 14.4. The smallest absolute Gasteiger partial charge is 0.462 e. The van der Waals surface area contributed by atoms with Gasteiger partial charge in [0.25, 0.3) is 0 Å². The first-order valence-electron chi connectivity index (χ1n) is 19.9. The van der Waals surface area contributed by atoms with Crippen LogP contribution in [0.2, 0.25) is 0 Å². The Kier molecular flexibility index (Phi) is 35.3. The predicted molar refractivity (Wildman–Crippen MR) is 212 cm³/mol. The molecule has 0 aromatic heterocycles. The van der Waals surface area contributed by atoms with E-state index in [1.54, 1.807) is 12.2 Å². The van der Waals surface area contributed by atoms with Crippen LogP contribution >= 0.6 is 7.82 Å². The molecule has 0 heterocycles. The van der Waals surface area contributed by atoms with E-state index in [-0.39, 0.29) is 32.6 Å². The summed E-state index contributed by atoms with van der Waals surface area (Å²) in [4.78, 5) is 34.8. The molecule has 0 aliphatic carbocycles. The number of esters is 2. The molecule has 0 aromatic carbocycles. The maximum Gasteiger partial charge on any atom is 0.472 e. The number of carbonyl (C=O) groups excluding carboxylic acids is 2. The molecule has 0 spiro atoms. The summed E-state index contributed by atoms with van der Waals surface area (Å²) in [5.74, 6) is -1.04. The van der Waals surface area contributed by atoms with Crippen molar-refractivity contribution in [2.24, 2.45) is 5.73 Å². The van der Waals surface area contributed by atoms with Gasteiger partial charge in [-0.3, -0.25) is 18.6 Å². The minimum Gasteiger partial charge on any atom is -0.462 e. The Hall–Kier alpha value is -2.33. The zero-order valence-corrected chi connectivity index (χ0v) is 33.3. The fourth-order valence-corrected chi connectivity index (χ4v) is 5.84. The molecule has 0 bridgehead atoms. The number of rotatable bonds is 36. The molecule has 52 heavy (non-hydrogen) atoms. The van der Waals surface area contributed by atoms with Gasteiger partial charge >= 0.3 is 19.8 Å². The van der Waals surface area contributed by atoms with Crippen molar-refractivity contribution < 1.29 is 42.7 Å². The lowest BCUT2D eigenvalue weighted by Crippen LogP contribution is -2.29. The fraction of sp³-hybridized carbons (Fsp3) is 0.707. The zero-order chi connectivity index (χ0) is 38.4. The topological polar surface area (TPSA) is 155 Å². The van der Waals surface area contributed by atoms with Crippen LogP contribution in [0.5, 0.6) is 0 Å². The van der Waals surface area contributed by atoms with E-state index in [0.717, 1.165) is 44.9 Å². The van der Waals surface area contributed by atoms with Gasteiger partial charge in [0.1, 0.15) is 6.61 Å². The van der Waals surface area contributed by atoms with Crippen molar-refractivity contribution in [3.63, 3.8) is 0 Å². The number of nitrogens with two attached hydrogens (primary N) is 1. The molecule has 0 amide bonds. The van der Waals surface area contributed by atoms with Crippen molar-refractivity contribution in [1.82, 2.24) is 0 Å². The van der Waals surface area contributed by atoms with Crippen molar-refractivity contribution in [3.8, 4) is 0 Å². The molecule has 0 aliphatic heterocycles. The molecule has 0 radical (unpaired) electrons. The van der Waals surface area contributed by atoms with Crippen molar-refractivity contribution in [2.75, 3.05) is 26.4 Å². The van der Waals surface area contributed by atoms with E-state index in [2.05, 4.69) is 50.3 Å². The number of allylic oxidation sites excluding steroid dienone is 9. The van der Waals surface area contributed by atoms with Gasteiger partial charge in [-0.1, -0.05) is 152 Å². The summed E-state index contributed by atoms with van der Waals surface area (Å²) in [7, 11) is -4.43. The number of phosphoric ester groups is 1. The van der Waals surface area contributed by atoms with E-state index >= 15 is 0 Å². The number of hydrogen-bond acceptors (Lipinski definition) is 9. The highest BCUT2D eigenvalue weighted by atomic mass is 31.2. The van der Waals surface area contributed by atoms with Crippen LogP contribution in [0.1, 0.15) is 149 Å². The van der Waals surface area contributed by atoms with Gasteiger partial charge in [0.2, 0.25) is 0 Å². The second kappa shape index (κ2) is 37.0. The lowest BCUT2D eigenvalue weighted by atomic mass is 10.0. The van der Waals surface area contributed by atoms with Crippen LogP contribution in [0.3, 0.4) is 0 Å². The van der Waals surface area contributed by atoms with Crippen LogP contribution in [-0.4, -0.2) is 60.5 Å². The standard InChI is InChI=1S/C41H72NO9P/c1-3-5-7-9-11-13-15-17-19-21-23-25-27-30-38(43)31-29-33-41(45)51-39(37-50-52(46,47)49-35-34-42)36-48-40(44)32-28-26-24-22-20-18-16-14-12-10-8-6-4-2/h5,7,11,13,17,19,23,25,27,30,38-39,43H,3-4,6,8-10,12,14-16,18,20-22,24,26,28-29,31-37,42H2,1-2H3,(H,46,47)/b7-5-,13-11-,19-17-,25-23-,30-27+/t38?,39-/m1/s1.